The minimum atomic E-state index is -0.464. The molecular weight excluding hydrogens is 376 g/mol. The van der Waals surface area contributed by atoms with E-state index in [9.17, 15) is 9.59 Å². The number of aryl methyl sites for hydroxylation is 1. The average Bonchev–Trinajstić information content (AvgIpc) is 3.02. The zero-order valence-electron chi connectivity index (χ0n) is 16.7. The third kappa shape index (κ3) is 4.18. The van der Waals surface area contributed by atoms with Crippen LogP contribution >= 0.6 is 0 Å². The molecule has 1 aliphatic heterocycles. The van der Waals surface area contributed by atoms with E-state index in [-0.39, 0.29) is 24.8 Å². The monoisotopic (exact) mass is 398 g/mol. The molecule has 7 nitrogen and oxygen atoms in total. The maximum absolute atomic E-state index is 12.9. The zero-order chi connectivity index (χ0) is 21.0. The Balaban J connectivity index is 1.88. The fourth-order valence-corrected chi connectivity index (χ4v) is 3.07. The molecule has 0 atom stereocenters. The first-order chi connectivity index (χ1) is 14.0. The minimum absolute atomic E-state index is 0.164. The maximum atomic E-state index is 12.9. The van der Waals surface area contributed by atoms with E-state index in [1.807, 2.05) is 0 Å². The quantitative estimate of drug-likeness (QED) is 0.521. The first-order valence-electron chi connectivity index (χ1n) is 9.06. The Labute approximate surface area is 168 Å². The van der Waals surface area contributed by atoms with Gasteiger partial charge in [0.2, 0.25) is 5.78 Å². The lowest BCUT2D eigenvalue weighted by molar-refractivity contribution is -0.145. The zero-order valence-corrected chi connectivity index (χ0v) is 16.7. The van der Waals surface area contributed by atoms with Gasteiger partial charge in [-0.05, 0) is 37.6 Å². The Kier molecular flexibility index (Phi) is 6.07. The van der Waals surface area contributed by atoms with Crippen LogP contribution < -0.4 is 18.9 Å². The number of carbonyl (C=O) groups excluding carboxylic acids is 2. The molecule has 1 heterocycles. The lowest BCUT2D eigenvalue weighted by atomic mass is 10.0. The van der Waals surface area contributed by atoms with Crippen LogP contribution in [0.3, 0.4) is 0 Å². The molecule has 2 aromatic carbocycles. The third-order valence-corrected chi connectivity index (χ3v) is 4.33. The summed E-state index contributed by atoms with van der Waals surface area (Å²) < 4.78 is 26.8. The second kappa shape index (κ2) is 8.68. The lowest BCUT2D eigenvalue weighted by Gasteiger charge is -2.10. The molecule has 0 aromatic heterocycles. The van der Waals surface area contributed by atoms with Crippen LogP contribution in [0.5, 0.6) is 23.0 Å². The number of Topliss-reactive ketones (excluding diaryl/α,β-unsaturated/α-hetero) is 1. The molecule has 0 amide bonds. The van der Waals surface area contributed by atoms with Crippen molar-refractivity contribution in [1.29, 1.82) is 0 Å². The largest absolute Gasteiger partial charge is 0.493 e. The van der Waals surface area contributed by atoms with Crippen molar-refractivity contribution >= 4 is 17.8 Å². The molecule has 2 aromatic rings. The highest BCUT2D eigenvalue weighted by atomic mass is 16.6. The Morgan fingerprint density at radius 2 is 1.97 bits per heavy atom. The molecule has 1 aliphatic rings. The predicted molar refractivity (Wildman–Crippen MR) is 106 cm³/mol. The maximum Gasteiger partial charge on any atom is 0.344 e. The molecular formula is C22H22O7. The molecule has 0 fully saturated rings. The van der Waals surface area contributed by atoms with Crippen molar-refractivity contribution < 1.29 is 33.3 Å². The van der Waals surface area contributed by atoms with Gasteiger partial charge in [0.25, 0.3) is 0 Å². The molecule has 152 valence electrons. The van der Waals surface area contributed by atoms with Crippen LogP contribution in [0.15, 0.2) is 36.1 Å². The Bertz CT molecular complexity index is 975. The molecule has 29 heavy (non-hydrogen) atoms. The van der Waals surface area contributed by atoms with Crippen LogP contribution in [-0.2, 0) is 9.53 Å². The molecule has 0 bridgehead atoms. The third-order valence-electron chi connectivity index (χ3n) is 4.33. The highest BCUT2D eigenvalue weighted by Gasteiger charge is 2.30. The summed E-state index contributed by atoms with van der Waals surface area (Å²) >= 11 is 0. The van der Waals surface area contributed by atoms with E-state index in [2.05, 4.69) is 0 Å². The summed E-state index contributed by atoms with van der Waals surface area (Å²) in [6.45, 7) is 3.57. The van der Waals surface area contributed by atoms with Gasteiger partial charge in [-0.3, -0.25) is 4.79 Å². The fraction of sp³-hybridized carbons (Fsp3) is 0.273. The number of para-hydroxylation sites is 1. The van der Waals surface area contributed by atoms with Crippen LogP contribution in [0.1, 0.15) is 28.4 Å². The van der Waals surface area contributed by atoms with Gasteiger partial charge in [-0.2, -0.15) is 0 Å². The van der Waals surface area contributed by atoms with Crippen molar-refractivity contribution in [3.63, 3.8) is 0 Å². The molecule has 0 radical (unpaired) electrons. The number of hydrogen-bond acceptors (Lipinski definition) is 7. The van der Waals surface area contributed by atoms with Crippen LogP contribution in [0, 0.1) is 6.92 Å². The van der Waals surface area contributed by atoms with Gasteiger partial charge in [-0.15, -0.1) is 0 Å². The van der Waals surface area contributed by atoms with Crippen molar-refractivity contribution in [2.24, 2.45) is 0 Å². The van der Waals surface area contributed by atoms with Crippen LogP contribution in [-0.4, -0.2) is 39.2 Å². The van der Waals surface area contributed by atoms with Gasteiger partial charge in [0.1, 0.15) is 11.5 Å². The van der Waals surface area contributed by atoms with Gasteiger partial charge in [-0.25, -0.2) is 4.79 Å². The van der Waals surface area contributed by atoms with Crippen molar-refractivity contribution in [1.82, 2.24) is 0 Å². The lowest BCUT2D eigenvalue weighted by Crippen LogP contribution is -2.14. The fourth-order valence-electron chi connectivity index (χ4n) is 3.07. The first kappa shape index (κ1) is 20.3. The Hall–Kier alpha value is -3.48. The summed E-state index contributed by atoms with van der Waals surface area (Å²) in [5.74, 6) is 1.31. The molecule has 0 spiro atoms. The van der Waals surface area contributed by atoms with E-state index in [1.54, 1.807) is 57.4 Å². The van der Waals surface area contributed by atoms with E-state index >= 15 is 0 Å². The standard InChI is InChI=1S/C22H22O7/c1-5-27-19(23)12-28-15-9-13(2)20-17(11-15)29-18(21(20)24)10-14-7-6-8-16(25-3)22(14)26-4/h6-11H,5,12H2,1-4H3/b18-10-. The highest BCUT2D eigenvalue weighted by Crippen LogP contribution is 2.39. The van der Waals surface area contributed by atoms with Crippen LogP contribution in [0.2, 0.25) is 0 Å². The van der Waals surface area contributed by atoms with Gasteiger partial charge < -0.3 is 23.7 Å². The number of benzene rings is 2. The summed E-state index contributed by atoms with van der Waals surface area (Å²) in [5.41, 5.74) is 1.80. The van der Waals surface area contributed by atoms with Crippen molar-refractivity contribution in [3.8, 4) is 23.0 Å². The molecule has 0 saturated heterocycles. The number of hydrogen-bond donors (Lipinski definition) is 0. The molecule has 0 unspecified atom stereocenters. The summed E-state index contributed by atoms with van der Waals surface area (Å²) in [4.78, 5) is 24.3. The Morgan fingerprint density at radius 3 is 2.66 bits per heavy atom. The van der Waals surface area contributed by atoms with E-state index < -0.39 is 5.97 Å². The SMILES string of the molecule is CCOC(=O)COc1cc(C)c2c(c1)O/C(=C\c1cccc(OC)c1OC)C2=O. The minimum Gasteiger partial charge on any atom is -0.493 e. The first-order valence-corrected chi connectivity index (χ1v) is 9.06. The van der Waals surface area contributed by atoms with Gasteiger partial charge in [0.15, 0.2) is 23.9 Å². The van der Waals surface area contributed by atoms with Crippen molar-refractivity contribution in [2.45, 2.75) is 13.8 Å². The van der Waals surface area contributed by atoms with Gasteiger partial charge >= 0.3 is 5.97 Å². The summed E-state index contributed by atoms with van der Waals surface area (Å²) in [6.07, 6.45) is 1.61. The second-order valence-corrected chi connectivity index (χ2v) is 6.23. The molecule has 0 saturated carbocycles. The van der Waals surface area contributed by atoms with Gasteiger partial charge in [0, 0.05) is 11.6 Å². The summed E-state index contributed by atoms with van der Waals surface area (Å²) in [5, 5.41) is 0. The topological polar surface area (TPSA) is 80.3 Å². The molecule has 3 rings (SSSR count). The predicted octanol–water partition coefficient (Wildman–Crippen LogP) is 3.57. The van der Waals surface area contributed by atoms with Crippen LogP contribution in [0.25, 0.3) is 6.08 Å². The number of fused-ring (bicyclic) bond motifs is 1. The van der Waals surface area contributed by atoms with Gasteiger partial charge in [0.05, 0.1) is 26.4 Å². The van der Waals surface area contributed by atoms with E-state index in [0.29, 0.717) is 39.7 Å². The number of ether oxygens (including phenoxy) is 5. The molecule has 0 N–H and O–H groups in total. The van der Waals surface area contributed by atoms with E-state index in [1.165, 1.54) is 7.11 Å². The van der Waals surface area contributed by atoms with Crippen molar-refractivity contribution in [3.05, 3.63) is 52.8 Å². The van der Waals surface area contributed by atoms with Crippen LogP contribution in [0.4, 0.5) is 0 Å². The number of ketones is 1. The average molecular weight is 398 g/mol. The number of methoxy groups -OCH3 is 2. The second-order valence-electron chi connectivity index (χ2n) is 6.23. The van der Waals surface area contributed by atoms with Crippen molar-refractivity contribution in [2.75, 3.05) is 27.4 Å². The highest BCUT2D eigenvalue weighted by molar-refractivity contribution is 6.15. The van der Waals surface area contributed by atoms with Gasteiger partial charge in [-0.1, -0.05) is 12.1 Å². The molecule has 0 aliphatic carbocycles. The molecule has 7 heteroatoms. The smallest absolute Gasteiger partial charge is 0.344 e. The number of esters is 1. The number of rotatable bonds is 7. The van der Waals surface area contributed by atoms with E-state index in [4.69, 9.17) is 23.7 Å². The van der Waals surface area contributed by atoms with E-state index in [0.717, 1.165) is 0 Å². The summed E-state index contributed by atoms with van der Waals surface area (Å²) in [6, 6.07) is 8.64. The number of allylic oxidation sites excluding steroid dienone is 1. The summed E-state index contributed by atoms with van der Waals surface area (Å²) in [7, 11) is 3.08. The number of carbonyl (C=O) groups is 2. The normalized spacial score (nSPS) is 13.7. The Morgan fingerprint density at radius 1 is 1.17 bits per heavy atom.